The monoisotopic (exact) mass is 237 g/mol. The number of carbonyl (C=O) groups excluding carboxylic acids is 1. The van der Waals surface area contributed by atoms with Gasteiger partial charge in [0.25, 0.3) is 9.84 Å². The second-order valence-electron chi connectivity index (χ2n) is 2.58. The third kappa shape index (κ3) is 2.17. The largest absolute Gasteiger partial charge is 0.501 e. The van der Waals surface area contributed by atoms with Crippen LogP contribution in [0, 0.1) is 0 Å². The van der Waals surface area contributed by atoms with Crippen molar-refractivity contribution in [3.8, 4) is 0 Å². The Morgan fingerprint density at radius 1 is 1.20 bits per heavy atom. The second kappa shape index (κ2) is 3.65. The van der Waals surface area contributed by atoms with Crippen molar-refractivity contribution in [3.63, 3.8) is 0 Å². The molecule has 0 aliphatic carbocycles. The van der Waals surface area contributed by atoms with Gasteiger partial charge in [-0.25, -0.2) is 8.42 Å². The van der Waals surface area contributed by atoms with E-state index in [9.17, 15) is 26.4 Å². The predicted octanol–water partition coefficient (Wildman–Crippen LogP) is 1.44. The average Bonchev–Trinajstić information content (AvgIpc) is 2.16. The lowest BCUT2D eigenvalue weighted by molar-refractivity contribution is -0.0436. The lowest BCUT2D eigenvalue weighted by Crippen LogP contribution is -2.23. The van der Waals surface area contributed by atoms with Gasteiger partial charge in [0.2, 0.25) is 6.29 Å². The van der Waals surface area contributed by atoms with Crippen molar-refractivity contribution in [3.05, 3.63) is 29.8 Å². The lowest BCUT2D eigenvalue weighted by atomic mass is 10.2. The molecule has 15 heavy (non-hydrogen) atoms. The van der Waals surface area contributed by atoms with E-state index in [4.69, 9.17) is 0 Å². The summed E-state index contributed by atoms with van der Waals surface area (Å²) in [5, 5.41) is 0. The Bertz CT molecular complexity index is 476. The number of rotatable bonds is 2. The number of hydrogen-bond acceptors (Lipinski definition) is 3. The maximum atomic E-state index is 12.1. The molecule has 0 aromatic heterocycles. The smallest absolute Gasteiger partial charge is 0.285 e. The van der Waals surface area contributed by atoms with Gasteiger partial charge in [-0.15, -0.1) is 0 Å². The van der Waals surface area contributed by atoms with E-state index in [-0.39, 0.29) is 5.56 Å². The molecule has 0 fully saturated rings. The van der Waals surface area contributed by atoms with Crippen LogP contribution in [-0.4, -0.2) is 20.2 Å². The normalized spacial score (nSPS) is 12.5. The number of benzene rings is 1. The standard InChI is InChI=1S/C8H4F3O3S/c9-8(10,11)15(13,14)7-3-1-2-6(4-7)5-12/h1-4H. The van der Waals surface area contributed by atoms with Crippen LogP contribution in [-0.2, 0) is 14.6 Å². The molecule has 0 amide bonds. The Morgan fingerprint density at radius 2 is 1.80 bits per heavy atom. The maximum Gasteiger partial charge on any atom is 0.501 e. The molecule has 0 saturated carbocycles. The summed E-state index contributed by atoms with van der Waals surface area (Å²) in [5.74, 6) is 0. The molecular weight excluding hydrogens is 233 g/mol. The van der Waals surface area contributed by atoms with E-state index < -0.39 is 20.2 Å². The van der Waals surface area contributed by atoms with Crippen molar-refractivity contribution in [1.29, 1.82) is 0 Å². The van der Waals surface area contributed by atoms with Crippen LogP contribution in [0.4, 0.5) is 13.2 Å². The molecule has 1 aromatic carbocycles. The molecule has 0 aliphatic rings. The summed E-state index contributed by atoms with van der Waals surface area (Å²) in [6.45, 7) is 0. The fraction of sp³-hybridized carbons (Fsp3) is 0.125. The molecule has 0 saturated heterocycles. The fourth-order valence-corrected chi connectivity index (χ4v) is 1.67. The summed E-state index contributed by atoms with van der Waals surface area (Å²) in [4.78, 5) is 9.17. The van der Waals surface area contributed by atoms with E-state index in [1.807, 2.05) is 0 Å². The van der Waals surface area contributed by atoms with Crippen molar-refractivity contribution in [2.75, 3.05) is 0 Å². The highest BCUT2D eigenvalue weighted by Crippen LogP contribution is 2.30. The van der Waals surface area contributed by atoms with Gasteiger partial charge in [-0.2, -0.15) is 13.2 Å². The molecule has 3 nitrogen and oxygen atoms in total. The van der Waals surface area contributed by atoms with E-state index in [1.54, 1.807) is 0 Å². The maximum absolute atomic E-state index is 12.1. The SMILES string of the molecule is O=[C]c1cccc(S(=O)(=O)C(F)(F)F)c1. The molecule has 0 aliphatic heterocycles. The number of hydrogen-bond donors (Lipinski definition) is 0. The second-order valence-corrected chi connectivity index (χ2v) is 4.52. The zero-order valence-electron chi connectivity index (χ0n) is 7.08. The Labute approximate surface area is 83.4 Å². The molecule has 1 radical (unpaired) electrons. The third-order valence-corrected chi connectivity index (χ3v) is 3.05. The zero-order valence-corrected chi connectivity index (χ0v) is 7.89. The summed E-state index contributed by atoms with van der Waals surface area (Å²) in [7, 11) is -5.39. The Hall–Kier alpha value is -1.37. The Kier molecular flexibility index (Phi) is 2.85. The number of halogens is 3. The summed E-state index contributed by atoms with van der Waals surface area (Å²) < 4.78 is 57.9. The van der Waals surface area contributed by atoms with Gasteiger partial charge in [-0.1, -0.05) is 12.1 Å². The first kappa shape index (κ1) is 11.7. The lowest BCUT2D eigenvalue weighted by Gasteiger charge is -2.07. The molecule has 1 aromatic rings. The fourth-order valence-electron chi connectivity index (χ4n) is 0.860. The molecule has 0 spiro atoms. The average molecular weight is 237 g/mol. The Morgan fingerprint density at radius 3 is 2.27 bits per heavy atom. The number of sulfone groups is 1. The molecule has 0 N–H and O–H groups in total. The number of alkyl halides is 3. The van der Waals surface area contributed by atoms with Crippen LogP contribution in [0.1, 0.15) is 5.56 Å². The molecule has 81 valence electrons. The van der Waals surface area contributed by atoms with E-state index in [0.717, 1.165) is 18.2 Å². The summed E-state index contributed by atoms with van der Waals surface area (Å²) in [6.07, 6.45) is 1.31. The van der Waals surface area contributed by atoms with Crippen LogP contribution in [0.5, 0.6) is 0 Å². The van der Waals surface area contributed by atoms with Crippen LogP contribution in [0.2, 0.25) is 0 Å². The highest BCUT2D eigenvalue weighted by atomic mass is 32.2. The molecule has 0 atom stereocenters. The van der Waals surface area contributed by atoms with Crippen molar-refractivity contribution >= 4 is 16.1 Å². The summed E-state index contributed by atoms with van der Waals surface area (Å²) >= 11 is 0. The van der Waals surface area contributed by atoms with Crippen molar-refractivity contribution in [1.82, 2.24) is 0 Å². The predicted molar refractivity (Wildman–Crippen MR) is 44.5 cm³/mol. The summed E-state index contributed by atoms with van der Waals surface area (Å²) in [5.41, 5.74) is -5.62. The molecule has 0 heterocycles. The Balaban J connectivity index is 3.34. The van der Waals surface area contributed by atoms with Gasteiger partial charge in [0.1, 0.15) is 0 Å². The van der Waals surface area contributed by atoms with E-state index in [0.29, 0.717) is 6.07 Å². The first-order valence-electron chi connectivity index (χ1n) is 3.58. The van der Waals surface area contributed by atoms with Crippen molar-refractivity contribution in [2.45, 2.75) is 10.4 Å². The molecule has 0 bridgehead atoms. The van der Waals surface area contributed by atoms with Gasteiger partial charge in [-0.05, 0) is 12.1 Å². The minimum atomic E-state index is -5.39. The van der Waals surface area contributed by atoms with Gasteiger partial charge >= 0.3 is 5.51 Å². The zero-order chi connectivity index (χ0) is 11.7. The van der Waals surface area contributed by atoms with Gasteiger partial charge in [-0.3, -0.25) is 4.79 Å². The first-order valence-corrected chi connectivity index (χ1v) is 5.07. The van der Waals surface area contributed by atoms with Crippen LogP contribution >= 0.6 is 0 Å². The minimum Gasteiger partial charge on any atom is -0.285 e. The van der Waals surface area contributed by atoms with E-state index >= 15 is 0 Å². The highest BCUT2D eigenvalue weighted by molar-refractivity contribution is 7.92. The van der Waals surface area contributed by atoms with Crippen LogP contribution < -0.4 is 0 Å². The van der Waals surface area contributed by atoms with E-state index in [1.165, 1.54) is 6.29 Å². The van der Waals surface area contributed by atoms with E-state index in [2.05, 4.69) is 0 Å². The van der Waals surface area contributed by atoms with Crippen LogP contribution in [0.3, 0.4) is 0 Å². The topological polar surface area (TPSA) is 51.2 Å². The molecular formula is C8H4F3O3S. The van der Waals surface area contributed by atoms with Gasteiger partial charge < -0.3 is 0 Å². The van der Waals surface area contributed by atoms with Crippen molar-refractivity contribution < 1.29 is 26.4 Å². The van der Waals surface area contributed by atoms with Gasteiger partial charge in [0, 0.05) is 5.56 Å². The summed E-state index contributed by atoms with van der Waals surface area (Å²) in [6, 6.07) is 3.58. The first-order chi connectivity index (χ1) is 6.79. The van der Waals surface area contributed by atoms with Crippen LogP contribution in [0.15, 0.2) is 29.2 Å². The van der Waals surface area contributed by atoms with Crippen LogP contribution in [0.25, 0.3) is 0 Å². The minimum absolute atomic E-state index is 0.250. The highest BCUT2D eigenvalue weighted by Gasteiger charge is 2.46. The molecule has 0 unspecified atom stereocenters. The van der Waals surface area contributed by atoms with Crippen molar-refractivity contribution in [2.24, 2.45) is 0 Å². The molecule has 1 rings (SSSR count). The third-order valence-electron chi connectivity index (χ3n) is 1.57. The van der Waals surface area contributed by atoms with Gasteiger partial charge in [0.15, 0.2) is 0 Å². The molecule has 7 heteroatoms. The quantitative estimate of drug-likeness (QED) is 0.782. The van der Waals surface area contributed by atoms with Gasteiger partial charge in [0.05, 0.1) is 4.90 Å².